The summed E-state index contributed by atoms with van der Waals surface area (Å²) in [6.07, 6.45) is -4.38. The molecule has 0 aromatic carbocycles. The minimum Gasteiger partial charge on any atom is -0.343 e. The van der Waals surface area contributed by atoms with Crippen molar-refractivity contribution in [2.24, 2.45) is 0 Å². The van der Waals surface area contributed by atoms with Gasteiger partial charge in [-0.2, -0.15) is 13.2 Å². The first kappa shape index (κ1) is 10.8. The van der Waals surface area contributed by atoms with Crippen molar-refractivity contribution in [3.05, 3.63) is 0 Å². The zero-order chi connectivity index (χ0) is 10.9. The second-order valence-electron chi connectivity index (χ2n) is 3.09. The van der Waals surface area contributed by atoms with Gasteiger partial charge in [0.2, 0.25) is 11.8 Å². The van der Waals surface area contributed by atoms with Crippen LogP contribution in [0.2, 0.25) is 0 Å². The fraction of sp³-hybridized carbons (Fsp3) is 0.714. The summed E-state index contributed by atoms with van der Waals surface area (Å²) in [7, 11) is 0. The summed E-state index contributed by atoms with van der Waals surface area (Å²) < 4.78 is 35.4. The number of β-lactam (4-membered cyclic amide) rings is 1. The molecule has 1 saturated heterocycles. The maximum absolute atomic E-state index is 11.8. The lowest BCUT2D eigenvalue weighted by atomic mass is 10.1. The highest BCUT2D eigenvalue weighted by Gasteiger charge is 2.43. The quantitative estimate of drug-likeness (QED) is 0.647. The van der Waals surface area contributed by atoms with Crippen LogP contribution in [0.1, 0.15) is 6.92 Å². The van der Waals surface area contributed by atoms with E-state index in [1.807, 2.05) is 0 Å². The number of halogens is 3. The standard InChI is InChI=1S/C7H9F3N2O2/c1-4(13)11-5-2-12(6(5)14)3-7(8,9)10/h5H,2-3H2,1H3,(H,11,13)/t5-/m0/s1. The Morgan fingerprint density at radius 1 is 1.64 bits per heavy atom. The molecule has 0 saturated carbocycles. The molecule has 80 valence electrons. The Morgan fingerprint density at radius 3 is 2.57 bits per heavy atom. The zero-order valence-corrected chi connectivity index (χ0v) is 7.39. The highest BCUT2D eigenvalue weighted by atomic mass is 19.4. The Balaban J connectivity index is 2.37. The average molecular weight is 210 g/mol. The second kappa shape index (κ2) is 3.47. The summed E-state index contributed by atoms with van der Waals surface area (Å²) in [5, 5.41) is 2.25. The van der Waals surface area contributed by atoms with E-state index in [9.17, 15) is 22.8 Å². The van der Waals surface area contributed by atoms with Crippen molar-refractivity contribution in [2.45, 2.75) is 19.1 Å². The van der Waals surface area contributed by atoms with Crippen LogP contribution < -0.4 is 5.32 Å². The number of hydrogen-bond donors (Lipinski definition) is 1. The van der Waals surface area contributed by atoms with E-state index in [0.717, 1.165) is 0 Å². The number of amides is 2. The third-order valence-electron chi connectivity index (χ3n) is 1.76. The van der Waals surface area contributed by atoms with Gasteiger partial charge in [0.1, 0.15) is 12.6 Å². The summed E-state index contributed by atoms with van der Waals surface area (Å²) in [5.74, 6) is -1.10. The van der Waals surface area contributed by atoms with Gasteiger partial charge in [-0.15, -0.1) is 0 Å². The van der Waals surface area contributed by atoms with Crippen LogP contribution in [0.5, 0.6) is 0 Å². The van der Waals surface area contributed by atoms with Crippen molar-refractivity contribution >= 4 is 11.8 Å². The van der Waals surface area contributed by atoms with Gasteiger partial charge in [0, 0.05) is 6.92 Å². The molecule has 1 rings (SSSR count). The van der Waals surface area contributed by atoms with Crippen LogP contribution in [0.3, 0.4) is 0 Å². The fourth-order valence-corrected chi connectivity index (χ4v) is 1.21. The minimum atomic E-state index is -4.38. The van der Waals surface area contributed by atoms with Gasteiger partial charge in [-0.05, 0) is 0 Å². The SMILES string of the molecule is CC(=O)N[C@H]1CN(CC(F)(F)F)C1=O. The first-order valence-corrected chi connectivity index (χ1v) is 3.92. The van der Waals surface area contributed by atoms with E-state index in [2.05, 4.69) is 5.32 Å². The maximum atomic E-state index is 11.8. The summed E-state index contributed by atoms with van der Waals surface area (Å²) in [6.45, 7) is -0.112. The van der Waals surface area contributed by atoms with Crippen LogP contribution >= 0.6 is 0 Å². The lowest BCUT2D eigenvalue weighted by Crippen LogP contribution is -2.65. The molecule has 0 aromatic heterocycles. The smallest absolute Gasteiger partial charge is 0.343 e. The normalized spacial score (nSPS) is 21.9. The van der Waals surface area contributed by atoms with Crippen LogP contribution in [0.4, 0.5) is 13.2 Å². The van der Waals surface area contributed by atoms with Crippen molar-refractivity contribution < 1.29 is 22.8 Å². The number of nitrogens with one attached hydrogen (secondary N) is 1. The van der Waals surface area contributed by atoms with Crippen molar-refractivity contribution in [3.8, 4) is 0 Å². The lowest BCUT2D eigenvalue weighted by Gasteiger charge is -2.38. The molecule has 2 amide bonds. The number of carbonyl (C=O) groups excluding carboxylic acids is 2. The van der Waals surface area contributed by atoms with Gasteiger partial charge in [0.05, 0.1) is 6.54 Å². The molecule has 1 atom stereocenters. The minimum absolute atomic E-state index is 0.0715. The number of hydrogen-bond acceptors (Lipinski definition) is 2. The predicted octanol–water partition coefficient (Wildman–Crippen LogP) is -0.104. The molecule has 1 N–H and O–H groups in total. The Labute approximate surface area is 78.1 Å². The highest BCUT2D eigenvalue weighted by molar-refractivity contribution is 5.91. The summed E-state index contributed by atoms with van der Waals surface area (Å²) >= 11 is 0. The van der Waals surface area contributed by atoms with E-state index in [1.165, 1.54) is 6.92 Å². The molecule has 0 spiro atoms. The zero-order valence-electron chi connectivity index (χ0n) is 7.39. The van der Waals surface area contributed by atoms with Crippen LogP contribution in [0.25, 0.3) is 0 Å². The molecule has 4 nitrogen and oxygen atoms in total. The molecule has 1 aliphatic rings. The third-order valence-corrected chi connectivity index (χ3v) is 1.76. The average Bonchev–Trinajstić information content (AvgIpc) is 1.99. The van der Waals surface area contributed by atoms with Crippen molar-refractivity contribution in [2.75, 3.05) is 13.1 Å². The molecule has 0 bridgehead atoms. The number of alkyl halides is 3. The van der Waals surface area contributed by atoms with Gasteiger partial charge in [0.15, 0.2) is 0 Å². The van der Waals surface area contributed by atoms with E-state index in [-0.39, 0.29) is 6.54 Å². The van der Waals surface area contributed by atoms with E-state index in [0.29, 0.717) is 4.90 Å². The van der Waals surface area contributed by atoms with Crippen LogP contribution in [-0.4, -0.2) is 42.0 Å². The molecule has 0 aliphatic carbocycles. The largest absolute Gasteiger partial charge is 0.406 e. The first-order chi connectivity index (χ1) is 6.29. The molecule has 1 fully saturated rings. The van der Waals surface area contributed by atoms with Crippen LogP contribution in [0, 0.1) is 0 Å². The summed E-state index contributed by atoms with van der Waals surface area (Å²) in [6, 6.07) is -0.783. The van der Waals surface area contributed by atoms with Gasteiger partial charge in [-0.1, -0.05) is 0 Å². The summed E-state index contributed by atoms with van der Waals surface area (Å²) in [4.78, 5) is 22.1. The Bertz CT molecular complexity index is 264. The number of nitrogens with zero attached hydrogens (tertiary/aromatic N) is 1. The molecular formula is C7H9F3N2O2. The van der Waals surface area contributed by atoms with E-state index in [1.54, 1.807) is 0 Å². The Kier molecular flexibility index (Phi) is 2.68. The van der Waals surface area contributed by atoms with E-state index >= 15 is 0 Å². The van der Waals surface area contributed by atoms with Crippen molar-refractivity contribution in [1.29, 1.82) is 0 Å². The van der Waals surface area contributed by atoms with Gasteiger partial charge in [-0.25, -0.2) is 0 Å². The topological polar surface area (TPSA) is 49.4 Å². The number of rotatable bonds is 2. The monoisotopic (exact) mass is 210 g/mol. The van der Waals surface area contributed by atoms with Crippen LogP contribution in [-0.2, 0) is 9.59 Å². The number of carbonyl (C=O) groups is 2. The molecule has 0 radical (unpaired) electrons. The maximum Gasteiger partial charge on any atom is 0.406 e. The van der Waals surface area contributed by atoms with E-state index < -0.39 is 30.6 Å². The molecule has 0 aromatic rings. The van der Waals surface area contributed by atoms with Crippen molar-refractivity contribution in [1.82, 2.24) is 10.2 Å². The molecule has 1 heterocycles. The fourth-order valence-electron chi connectivity index (χ4n) is 1.21. The van der Waals surface area contributed by atoms with E-state index in [4.69, 9.17) is 0 Å². The second-order valence-corrected chi connectivity index (χ2v) is 3.09. The Hall–Kier alpha value is -1.27. The first-order valence-electron chi connectivity index (χ1n) is 3.92. The van der Waals surface area contributed by atoms with Gasteiger partial charge in [0.25, 0.3) is 0 Å². The van der Waals surface area contributed by atoms with Crippen molar-refractivity contribution in [3.63, 3.8) is 0 Å². The number of likely N-dealkylation sites (tertiary alicyclic amines) is 1. The third kappa shape index (κ3) is 2.61. The molecular weight excluding hydrogens is 201 g/mol. The highest BCUT2D eigenvalue weighted by Crippen LogP contribution is 2.20. The summed E-state index contributed by atoms with van der Waals surface area (Å²) in [5.41, 5.74) is 0. The predicted molar refractivity (Wildman–Crippen MR) is 40.2 cm³/mol. The lowest BCUT2D eigenvalue weighted by molar-refractivity contribution is -0.174. The molecule has 7 heteroatoms. The van der Waals surface area contributed by atoms with Crippen LogP contribution in [0.15, 0.2) is 0 Å². The molecule has 14 heavy (non-hydrogen) atoms. The Morgan fingerprint density at radius 2 is 2.21 bits per heavy atom. The molecule has 1 aliphatic heterocycles. The van der Waals surface area contributed by atoms with Gasteiger partial charge in [-0.3, -0.25) is 9.59 Å². The van der Waals surface area contributed by atoms with Gasteiger partial charge < -0.3 is 10.2 Å². The van der Waals surface area contributed by atoms with Gasteiger partial charge >= 0.3 is 6.18 Å². The molecule has 0 unspecified atom stereocenters.